The number of para-hydroxylation sites is 2. The highest BCUT2D eigenvalue weighted by Gasteiger charge is 2.52. The van der Waals surface area contributed by atoms with Crippen molar-refractivity contribution in [3.05, 3.63) is 89.2 Å². The zero-order valence-corrected chi connectivity index (χ0v) is 12.1. The lowest BCUT2D eigenvalue weighted by Gasteiger charge is -2.37. The molecule has 0 saturated heterocycles. The first-order valence-electron chi connectivity index (χ1n) is 7.48. The van der Waals surface area contributed by atoms with E-state index in [0.29, 0.717) is 5.56 Å². The van der Waals surface area contributed by atoms with E-state index in [2.05, 4.69) is 4.98 Å². The van der Waals surface area contributed by atoms with E-state index in [-0.39, 0.29) is 0 Å². The molecule has 0 aliphatic carbocycles. The van der Waals surface area contributed by atoms with Crippen molar-refractivity contribution in [3.63, 3.8) is 0 Å². The van der Waals surface area contributed by atoms with Crippen molar-refractivity contribution in [2.45, 2.75) is 11.9 Å². The van der Waals surface area contributed by atoms with Gasteiger partial charge in [0.1, 0.15) is 11.5 Å². The Hall–Kier alpha value is -2.69. The Morgan fingerprint density at radius 2 is 1.52 bits per heavy atom. The zero-order valence-electron chi connectivity index (χ0n) is 12.1. The summed E-state index contributed by atoms with van der Waals surface area (Å²) in [5.74, 6) is 1.48. The Morgan fingerprint density at radius 1 is 0.870 bits per heavy atom. The molecule has 4 nitrogen and oxygen atoms in total. The van der Waals surface area contributed by atoms with Crippen molar-refractivity contribution in [2.75, 3.05) is 0 Å². The van der Waals surface area contributed by atoms with Crippen LogP contribution < -0.4 is 4.74 Å². The molecule has 3 aromatic rings. The lowest BCUT2D eigenvalue weighted by molar-refractivity contribution is -0.142. The van der Waals surface area contributed by atoms with Gasteiger partial charge >= 0.3 is 0 Å². The van der Waals surface area contributed by atoms with Crippen LogP contribution in [0.25, 0.3) is 0 Å². The van der Waals surface area contributed by atoms with Crippen LogP contribution in [0.5, 0.6) is 11.5 Å². The summed E-state index contributed by atoms with van der Waals surface area (Å²) in [6.07, 6.45) is 2.37. The fourth-order valence-corrected chi connectivity index (χ4v) is 3.59. The van der Waals surface area contributed by atoms with E-state index in [1.54, 1.807) is 12.4 Å². The van der Waals surface area contributed by atoms with Crippen molar-refractivity contribution >= 4 is 0 Å². The van der Waals surface area contributed by atoms with E-state index in [1.807, 2.05) is 54.6 Å². The van der Waals surface area contributed by atoms with Gasteiger partial charge in [0.2, 0.25) is 0 Å². The van der Waals surface area contributed by atoms with Crippen LogP contribution in [0.3, 0.4) is 0 Å². The van der Waals surface area contributed by atoms with Crippen molar-refractivity contribution in [1.82, 2.24) is 4.98 Å². The monoisotopic (exact) mass is 303 g/mol. The number of nitrogens with zero attached hydrogens (tertiary/aromatic N) is 1. The molecule has 1 spiro atoms. The maximum atomic E-state index is 10.4. The van der Waals surface area contributed by atoms with Crippen molar-refractivity contribution in [2.24, 2.45) is 0 Å². The van der Waals surface area contributed by atoms with Gasteiger partial charge in [-0.3, -0.25) is 4.98 Å². The van der Waals surface area contributed by atoms with Crippen LogP contribution in [0, 0.1) is 0 Å². The Balaban J connectivity index is 1.91. The van der Waals surface area contributed by atoms with Crippen LogP contribution in [0.2, 0.25) is 0 Å². The molecule has 112 valence electrons. The molecule has 0 radical (unpaired) electrons. The van der Waals surface area contributed by atoms with Gasteiger partial charge in [-0.05, 0) is 18.2 Å². The van der Waals surface area contributed by atoms with Gasteiger partial charge in [0.15, 0.2) is 11.9 Å². The number of aromatic nitrogens is 1. The van der Waals surface area contributed by atoms with E-state index >= 15 is 0 Å². The van der Waals surface area contributed by atoms with Crippen LogP contribution in [0.1, 0.15) is 28.5 Å². The first-order valence-corrected chi connectivity index (χ1v) is 7.48. The third-order valence-electron chi connectivity index (χ3n) is 4.54. The molecule has 1 atom stereocenters. The standard InChI is InChI=1S/C19H13NO3/c21-18-12-11-20-10-9-13(12)19(23-18)14-5-1-3-7-16(14)22-17-8-4-2-6-15(17)19/h1-11,18,21H. The van der Waals surface area contributed by atoms with E-state index < -0.39 is 11.9 Å². The van der Waals surface area contributed by atoms with Gasteiger partial charge in [-0.25, -0.2) is 0 Å². The molecule has 2 aromatic carbocycles. The highest BCUT2D eigenvalue weighted by Crippen LogP contribution is 2.57. The lowest BCUT2D eigenvalue weighted by atomic mass is 9.78. The third kappa shape index (κ3) is 1.54. The molecule has 23 heavy (non-hydrogen) atoms. The minimum atomic E-state index is -1.02. The topological polar surface area (TPSA) is 51.6 Å². The van der Waals surface area contributed by atoms with E-state index in [1.165, 1.54) is 0 Å². The molecular formula is C19H13NO3. The largest absolute Gasteiger partial charge is 0.457 e. The van der Waals surface area contributed by atoms with E-state index in [0.717, 1.165) is 28.2 Å². The average molecular weight is 303 g/mol. The molecule has 5 rings (SSSR count). The summed E-state index contributed by atoms with van der Waals surface area (Å²) in [5, 5.41) is 10.4. The van der Waals surface area contributed by atoms with E-state index in [9.17, 15) is 5.11 Å². The summed E-state index contributed by atoms with van der Waals surface area (Å²) in [6.45, 7) is 0. The number of aliphatic hydroxyl groups excluding tert-OH is 1. The van der Waals surface area contributed by atoms with Gasteiger partial charge < -0.3 is 14.6 Å². The molecule has 1 N–H and O–H groups in total. The molecule has 0 fully saturated rings. The maximum absolute atomic E-state index is 10.4. The molecular weight excluding hydrogens is 290 g/mol. The molecule has 4 heteroatoms. The minimum absolute atomic E-state index is 0.694. The van der Waals surface area contributed by atoms with Gasteiger partial charge in [0, 0.05) is 34.6 Å². The maximum Gasteiger partial charge on any atom is 0.185 e. The van der Waals surface area contributed by atoms with Crippen LogP contribution >= 0.6 is 0 Å². The normalized spacial score (nSPS) is 19.6. The number of pyridine rings is 1. The summed E-state index contributed by atoms with van der Waals surface area (Å²) in [7, 11) is 0. The van der Waals surface area contributed by atoms with Crippen LogP contribution in [-0.4, -0.2) is 10.1 Å². The molecule has 1 aromatic heterocycles. The number of fused-ring (bicyclic) bond motifs is 6. The summed E-state index contributed by atoms with van der Waals surface area (Å²) in [5.41, 5.74) is 2.51. The number of ether oxygens (including phenoxy) is 2. The first-order chi connectivity index (χ1) is 11.3. The fourth-order valence-electron chi connectivity index (χ4n) is 3.59. The number of benzene rings is 2. The van der Waals surface area contributed by atoms with Crippen molar-refractivity contribution in [3.8, 4) is 11.5 Å². The van der Waals surface area contributed by atoms with Gasteiger partial charge in [0.25, 0.3) is 0 Å². The summed E-state index contributed by atoms with van der Waals surface area (Å²) in [6, 6.07) is 17.5. The van der Waals surface area contributed by atoms with Crippen LogP contribution in [0.4, 0.5) is 0 Å². The third-order valence-corrected chi connectivity index (χ3v) is 4.54. The minimum Gasteiger partial charge on any atom is -0.457 e. The second-order valence-corrected chi connectivity index (χ2v) is 5.71. The summed E-state index contributed by atoms with van der Waals surface area (Å²) < 4.78 is 12.2. The first kappa shape index (κ1) is 12.8. The molecule has 1 unspecified atom stereocenters. The molecule has 0 bridgehead atoms. The molecule has 3 heterocycles. The highest BCUT2D eigenvalue weighted by molar-refractivity contribution is 5.63. The fraction of sp³-hybridized carbons (Fsp3) is 0.105. The Kier molecular flexibility index (Phi) is 2.46. The number of rotatable bonds is 0. The van der Waals surface area contributed by atoms with Gasteiger partial charge in [0.05, 0.1) is 0 Å². The smallest absolute Gasteiger partial charge is 0.185 e. The second-order valence-electron chi connectivity index (χ2n) is 5.71. The SMILES string of the molecule is OC1OC2(c3ccccc3Oc3ccccc32)c2ccncc21. The lowest BCUT2D eigenvalue weighted by Crippen LogP contribution is -2.32. The predicted octanol–water partition coefficient (Wildman–Crippen LogP) is 3.50. The van der Waals surface area contributed by atoms with Crippen molar-refractivity contribution < 1.29 is 14.6 Å². The van der Waals surface area contributed by atoms with E-state index in [4.69, 9.17) is 9.47 Å². The second kappa shape index (κ2) is 4.41. The number of aliphatic hydroxyl groups is 1. The Labute approximate surface area is 133 Å². The quantitative estimate of drug-likeness (QED) is 0.690. The van der Waals surface area contributed by atoms with Crippen molar-refractivity contribution in [1.29, 1.82) is 0 Å². The van der Waals surface area contributed by atoms with Gasteiger partial charge in [-0.15, -0.1) is 0 Å². The Morgan fingerprint density at radius 3 is 2.22 bits per heavy atom. The Bertz CT molecular complexity index is 876. The summed E-state index contributed by atoms with van der Waals surface area (Å²) in [4.78, 5) is 4.13. The molecule has 2 aliphatic rings. The zero-order chi connectivity index (χ0) is 15.4. The van der Waals surface area contributed by atoms with Gasteiger partial charge in [-0.2, -0.15) is 0 Å². The van der Waals surface area contributed by atoms with Crippen LogP contribution in [0.15, 0.2) is 67.0 Å². The molecule has 0 saturated carbocycles. The number of hydrogen-bond donors (Lipinski definition) is 1. The average Bonchev–Trinajstić information content (AvgIpc) is 2.90. The van der Waals surface area contributed by atoms with Gasteiger partial charge in [-0.1, -0.05) is 36.4 Å². The van der Waals surface area contributed by atoms with Crippen LogP contribution in [-0.2, 0) is 10.3 Å². The summed E-state index contributed by atoms with van der Waals surface area (Å²) >= 11 is 0. The molecule has 0 amide bonds. The highest BCUT2D eigenvalue weighted by atomic mass is 16.6. The molecule has 2 aliphatic heterocycles. The predicted molar refractivity (Wildman–Crippen MR) is 83.1 cm³/mol. The number of hydrogen-bond acceptors (Lipinski definition) is 4.